The summed E-state index contributed by atoms with van der Waals surface area (Å²) < 4.78 is 0. The molecule has 4 heteroatoms. The molecule has 0 amide bonds. The van der Waals surface area contributed by atoms with E-state index in [1.165, 1.54) is 18.4 Å². The van der Waals surface area contributed by atoms with Crippen LogP contribution in [-0.4, -0.2) is 18.3 Å². The maximum Gasteiger partial charge on any atom is 0.115 e. The first-order valence-electron chi connectivity index (χ1n) is 5.52. The Balaban J connectivity index is 2.19. The van der Waals surface area contributed by atoms with E-state index in [0.29, 0.717) is 11.9 Å². The summed E-state index contributed by atoms with van der Waals surface area (Å²) in [7, 11) is 0. The smallest absolute Gasteiger partial charge is 0.115 e. The summed E-state index contributed by atoms with van der Waals surface area (Å²) in [6, 6.07) is 8.61. The number of hydrogen-bond donors (Lipinski definition) is 2. The summed E-state index contributed by atoms with van der Waals surface area (Å²) >= 11 is 5.60. The highest BCUT2D eigenvalue weighted by Crippen LogP contribution is 2.25. The molecule has 0 spiro atoms. The molecule has 16 heavy (non-hydrogen) atoms. The van der Waals surface area contributed by atoms with Crippen molar-refractivity contribution in [3.05, 3.63) is 29.8 Å². The molecule has 0 saturated carbocycles. The van der Waals surface area contributed by atoms with E-state index in [0.717, 1.165) is 12.2 Å². The van der Waals surface area contributed by atoms with E-state index in [1.54, 1.807) is 0 Å². The van der Waals surface area contributed by atoms with Crippen LogP contribution in [0.25, 0.3) is 0 Å². The Labute approximate surface area is 101 Å². The van der Waals surface area contributed by atoms with Crippen molar-refractivity contribution in [1.82, 2.24) is 5.32 Å². The van der Waals surface area contributed by atoms with Crippen LogP contribution >= 0.6 is 11.6 Å². The Hall–Kier alpha value is -1.06. The average Bonchev–Trinajstić information content (AvgIpc) is 2.83. The number of aliphatic imine (C=N–C) groups is 1. The van der Waals surface area contributed by atoms with Crippen molar-refractivity contribution in [3.8, 4) is 0 Å². The Kier molecular flexibility index (Phi) is 3.80. The molecule has 1 aromatic carbocycles. The van der Waals surface area contributed by atoms with E-state index in [4.69, 9.17) is 17.3 Å². The molecule has 1 heterocycles. The number of halogens is 1. The summed E-state index contributed by atoms with van der Waals surface area (Å²) in [5, 5.41) is 3.46. The molecule has 86 valence electrons. The Morgan fingerprint density at radius 1 is 1.56 bits per heavy atom. The summed E-state index contributed by atoms with van der Waals surface area (Å²) in [5.74, 6) is 0.726. The molecule has 1 fully saturated rings. The first-order chi connectivity index (χ1) is 7.79. The fraction of sp³-hybridized carbons (Fsp3) is 0.417. The van der Waals surface area contributed by atoms with Crippen LogP contribution < -0.4 is 11.1 Å². The topological polar surface area (TPSA) is 50.4 Å². The predicted molar refractivity (Wildman–Crippen MR) is 68.4 cm³/mol. The minimum absolute atomic E-state index is 0.270. The first kappa shape index (κ1) is 11.4. The van der Waals surface area contributed by atoms with E-state index in [2.05, 4.69) is 22.4 Å². The van der Waals surface area contributed by atoms with Gasteiger partial charge in [0.25, 0.3) is 0 Å². The van der Waals surface area contributed by atoms with Gasteiger partial charge in [-0.15, -0.1) is 11.6 Å². The fourth-order valence-corrected chi connectivity index (χ4v) is 2.04. The maximum atomic E-state index is 5.61. The summed E-state index contributed by atoms with van der Waals surface area (Å²) in [6.45, 7) is 1.10. The molecule has 0 radical (unpaired) electrons. The van der Waals surface area contributed by atoms with Crippen LogP contribution in [0.15, 0.2) is 29.3 Å². The largest absolute Gasteiger partial charge is 0.386 e. The van der Waals surface area contributed by atoms with Gasteiger partial charge in [-0.05, 0) is 37.1 Å². The predicted octanol–water partition coefficient (Wildman–Crippen LogP) is 2.34. The van der Waals surface area contributed by atoms with E-state index in [-0.39, 0.29) is 5.88 Å². The number of hydrogen-bond acceptors (Lipinski definition) is 2. The Bertz CT molecular complexity index is 384. The van der Waals surface area contributed by atoms with Crippen LogP contribution in [0.1, 0.15) is 24.4 Å². The van der Waals surface area contributed by atoms with Gasteiger partial charge in [-0.3, -0.25) is 0 Å². The third-order valence-electron chi connectivity index (χ3n) is 2.74. The Morgan fingerprint density at radius 3 is 3.12 bits per heavy atom. The van der Waals surface area contributed by atoms with Gasteiger partial charge in [-0.25, -0.2) is 4.99 Å². The van der Waals surface area contributed by atoms with Crippen LogP contribution in [-0.2, 0) is 0 Å². The van der Waals surface area contributed by atoms with E-state index in [1.807, 2.05) is 12.1 Å². The summed E-state index contributed by atoms with van der Waals surface area (Å²) in [5.41, 5.74) is 7.77. The number of nitrogens with one attached hydrogen (secondary N) is 1. The normalized spacial score (nSPS) is 21.3. The fourth-order valence-electron chi connectivity index (χ4n) is 1.98. The highest BCUT2D eigenvalue weighted by atomic mass is 35.5. The van der Waals surface area contributed by atoms with Gasteiger partial charge in [0, 0.05) is 6.04 Å². The first-order valence-corrected chi connectivity index (χ1v) is 6.05. The number of nitrogens with zero attached hydrogens (tertiary/aromatic N) is 1. The van der Waals surface area contributed by atoms with E-state index in [9.17, 15) is 0 Å². The number of amidine groups is 1. The molecule has 1 aliphatic rings. The van der Waals surface area contributed by atoms with Gasteiger partial charge in [0.15, 0.2) is 0 Å². The van der Waals surface area contributed by atoms with E-state index >= 15 is 0 Å². The molecule has 1 atom stereocenters. The third-order valence-corrected chi connectivity index (χ3v) is 3.02. The number of alkyl halides is 1. The molecule has 3 nitrogen and oxygen atoms in total. The standard InChI is InChI=1S/C12H16ClN3/c13-8-12(14)16-10-4-1-3-9(7-10)11-5-2-6-15-11/h1,3-4,7,11,15H,2,5-6,8H2,(H2,14,16). The third kappa shape index (κ3) is 2.74. The molecule has 3 N–H and O–H groups in total. The van der Waals surface area contributed by atoms with Crippen LogP contribution in [0, 0.1) is 0 Å². The lowest BCUT2D eigenvalue weighted by Crippen LogP contribution is -2.13. The molecular weight excluding hydrogens is 222 g/mol. The van der Waals surface area contributed by atoms with Gasteiger partial charge in [0.1, 0.15) is 5.84 Å². The van der Waals surface area contributed by atoms with Gasteiger partial charge in [0.2, 0.25) is 0 Å². The lowest BCUT2D eigenvalue weighted by Gasteiger charge is -2.10. The van der Waals surface area contributed by atoms with Crippen LogP contribution in [0.2, 0.25) is 0 Å². The zero-order valence-corrected chi connectivity index (χ0v) is 9.87. The average molecular weight is 238 g/mol. The number of benzene rings is 1. The lowest BCUT2D eigenvalue weighted by molar-refractivity contribution is 0.648. The molecule has 0 aromatic heterocycles. The number of rotatable bonds is 3. The molecule has 0 aliphatic carbocycles. The van der Waals surface area contributed by atoms with Crippen LogP contribution in [0.3, 0.4) is 0 Å². The van der Waals surface area contributed by atoms with Crippen molar-refractivity contribution < 1.29 is 0 Å². The van der Waals surface area contributed by atoms with Crippen molar-refractivity contribution in [2.45, 2.75) is 18.9 Å². The number of nitrogens with two attached hydrogens (primary N) is 1. The molecule has 0 bridgehead atoms. The van der Waals surface area contributed by atoms with Crippen LogP contribution in [0.4, 0.5) is 5.69 Å². The monoisotopic (exact) mass is 237 g/mol. The van der Waals surface area contributed by atoms with Crippen molar-refractivity contribution in [2.75, 3.05) is 12.4 Å². The SMILES string of the molecule is NC(CCl)=Nc1cccc(C2CCCN2)c1. The van der Waals surface area contributed by atoms with E-state index < -0.39 is 0 Å². The lowest BCUT2D eigenvalue weighted by atomic mass is 10.1. The highest BCUT2D eigenvalue weighted by Gasteiger charge is 2.15. The zero-order valence-electron chi connectivity index (χ0n) is 9.12. The van der Waals surface area contributed by atoms with Gasteiger partial charge < -0.3 is 11.1 Å². The molecule has 1 aromatic rings. The van der Waals surface area contributed by atoms with Crippen molar-refractivity contribution in [3.63, 3.8) is 0 Å². The molecule has 1 saturated heterocycles. The summed E-state index contributed by atoms with van der Waals surface area (Å²) in [6.07, 6.45) is 2.43. The van der Waals surface area contributed by atoms with Gasteiger partial charge in [-0.2, -0.15) is 0 Å². The second-order valence-corrected chi connectivity index (χ2v) is 4.25. The van der Waals surface area contributed by atoms with Crippen molar-refractivity contribution in [1.29, 1.82) is 0 Å². The van der Waals surface area contributed by atoms with Crippen LogP contribution in [0.5, 0.6) is 0 Å². The van der Waals surface area contributed by atoms with Gasteiger partial charge in [-0.1, -0.05) is 12.1 Å². The second-order valence-electron chi connectivity index (χ2n) is 3.98. The van der Waals surface area contributed by atoms with Crippen molar-refractivity contribution >= 4 is 23.1 Å². The van der Waals surface area contributed by atoms with Crippen molar-refractivity contribution in [2.24, 2.45) is 10.7 Å². The van der Waals surface area contributed by atoms with Gasteiger partial charge >= 0.3 is 0 Å². The summed E-state index contributed by atoms with van der Waals surface area (Å²) in [4.78, 5) is 4.24. The zero-order chi connectivity index (χ0) is 11.4. The minimum Gasteiger partial charge on any atom is -0.386 e. The maximum absolute atomic E-state index is 5.61. The molecule has 1 aliphatic heterocycles. The Morgan fingerprint density at radius 2 is 2.44 bits per heavy atom. The minimum atomic E-state index is 0.270. The molecule has 1 unspecified atom stereocenters. The molecule has 2 rings (SSSR count). The quantitative estimate of drug-likeness (QED) is 0.482. The van der Waals surface area contributed by atoms with Gasteiger partial charge in [0.05, 0.1) is 11.6 Å². The highest BCUT2D eigenvalue weighted by molar-refractivity contribution is 6.28. The molecular formula is C12H16ClN3. The second kappa shape index (κ2) is 5.32.